The number of benzene rings is 6. The maximum Gasteiger partial charge on any atom is 0.0972 e. The van der Waals surface area contributed by atoms with Crippen LogP contribution in [0.3, 0.4) is 0 Å². The largest absolute Gasteiger partial charge is 0.264 e. The Balaban J connectivity index is 0.875. The van der Waals surface area contributed by atoms with E-state index in [1.807, 2.05) is 24.7 Å². The molecule has 0 bridgehead atoms. The SMILES string of the molecule is c1cc(-c2ccc3cc(-c4ccc5nc(-c6ccc7cc(-c8ccc9ccc%10cccnc%10c9n8)ccc7c6)ccc5c4)ccc3n2)c2ccncc2c1. The quantitative estimate of drug-likeness (QED) is 0.172. The third kappa shape index (κ3) is 5.13. The number of nitrogens with zero attached hydrogens (tertiary/aromatic N) is 5. The Kier molecular flexibility index (Phi) is 6.79. The molecule has 11 rings (SSSR count). The molecule has 0 aliphatic rings. The van der Waals surface area contributed by atoms with Gasteiger partial charge in [-0.3, -0.25) is 9.97 Å². The standard InChI is InChI=1S/C49H29N5/c1-3-40-29-50-24-22-41(40)42(5-1)47-21-16-39-28-35(14-19-45(39)53-47)34-13-18-43-38(27-34)15-20-44(52-43)36-10-8-33-26-37(11-9-32(33)25-36)46-17-12-31-7-6-30-4-2-23-51-48(30)49(31)54-46/h1-29H. The minimum Gasteiger partial charge on any atom is -0.264 e. The number of rotatable bonds is 4. The van der Waals surface area contributed by atoms with Crippen molar-refractivity contribution >= 4 is 65.2 Å². The van der Waals surface area contributed by atoms with E-state index in [-0.39, 0.29) is 0 Å². The Labute approximate surface area is 310 Å². The number of hydrogen-bond donors (Lipinski definition) is 0. The van der Waals surface area contributed by atoms with E-state index in [2.05, 4.69) is 162 Å². The Bertz CT molecular complexity index is 3290. The van der Waals surface area contributed by atoms with E-state index in [1.165, 1.54) is 0 Å². The minimum atomic E-state index is 0.926. The van der Waals surface area contributed by atoms with Crippen molar-refractivity contribution in [2.24, 2.45) is 0 Å². The van der Waals surface area contributed by atoms with Gasteiger partial charge in [0.05, 0.1) is 39.1 Å². The first-order valence-electron chi connectivity index (χ1n) is 18.0. The van der Waals surface area contributed by atoms with Crippen LogP contribution in [0, 0.1) is 0 Å². The van der Waals surface area contributed by atoms with Crippen LogP contribution in [-0.4, -0.2) is 24.9 Å². The van der Waals surface area contributed by atoms with E-state index in [9.17, 15) is 0 Å². The molecule has 6 aromatic carbocycles. The molecule has 0 N–H and O–H groups in total. The average Bonchev–Trinajstić information content (AvgIpc) is 3.25. The second-order valence-electron chi connectivity index (χ2n) is 13.8. The zero-order chi connectivity index (χ0) is 35.6. The van der Waals surface area contributed by atoms with E-state index in [1.54, 1.807) is 0 Å². The highest BCUT2D eigenvalue weighted by Gasteiger charge is 2.11. The Morgan fingerprint density at radius 1 is 0.333 bits per heavy atom. The van der Waals surface area contributed by atoms with E-state index in [0.717, 1.165) is 110 Å². The van der Waals surface area contributed by atoms with Crippen molar-refractivity contribution in [3.8, 4) is 44.9 Å². The van der Waals surface area contributed by atoms with Crippen molar-refractivity contribution in [1.29, 1.82) is 0 Å². The first kappa shape index (κ1) is 30.3. The van der Waals surface area contributed by atoms with Crippen molar-refractivity contribution in [2.75, 3.05) is 0 Å². The molecular weight excluding hydrogens is 659 g/mol. The van der Waals surface area contributed by atoms with Gasteiger partial charge in [-0.2, -0.15) is 0 Å². The molecule has 5 heterocycles. The first-order chi connectivity index (χ1) is 26.7. The fraction of sp³-hybridized carbons (Fsp3) is 0. The van der Waals surface area contributed by atoms with Crippen molar-refractivity contribution in [2.45, 2.75) is 0 Å². The van der Waals surface area contributed by atoms with Crippen molar-refractivity contribution < 1.29 is 0 Å². The maximum atomic E-state index is 5.09. The van der Waals surface area contributed by atoms with Gasteiger partial charge in [0, 0.05) is 62.2 Å². The summed E-state index contributed by atoms with van der Waals surface area (Å²) in [6.07, 6.45) is 5.56. The zero-order valence-corrected chi connectivity index (χ0v) is 29.0. The Morgan fingerprint density at radius 2 is 0.889 bits per heavy atom. The number of hydrogen-bond acceptors (Lipinski definition) is 5. The highest BCUT2D eigenvalue weighted by Crippen LogP contribution is 2.33. The Morgan fingerprint density at radius 3 is 1.63 bits per heavy atom. The molecule has 5 aromatic heterocycles. The predicted octanol–water partition coefficient (Wildman–Crippen LogP) is 12.2. The van der Waals surface area contributed by atoms with Gasteiger partial charge in [0.15, 0.2) is 0 Å². The van der Waals surface area contributed by atoms with E-state index in [0.29, 0.717) is 0 Å². The summed E-state index contributed by atoms with van der Waals surface area (Å²) >= 11 is 0. The molecule has 54 heavy (non-hydrogen) atoms. The van der Waals surface area contributed by atoms with Gasteiger partial charge >= 0.3 is 0 Å². The molecule has 5 heteroatoms. The highest BCUT2D eigenvalue weighted by molar-refractivity contribution is 6.04. The third-order valence-electron chi connectivity index (χ3n) is 10.5. The smallest absolute Gasteiger partial charge is 0.0972 e. The third-order valence-corrected chi connectivity index (χ3v) is 10.5. The summed E-state index contributed by atoms with van der Waals surface area (Å²) in [7, 11) is 0. The molecular formula is C49H29N5. The van der Waals surface area contributed by atoms with Gasteiger partial charge in [0.2, 0.25) is 0 Å². The van der Waals surface area contributed by atoms with Crippen LogP contribution in [0.4, 0.5) is 0 Å². The summed E-state index contributed by atoms with van der Waals surface area (Å²) in [4.78, 5) is 24.1. The molecule has 0 fully saturated rings. The molecule has 0 unspecified atom stereocenters. The lowest BCUT2D eigenvalue weighted by Crippen LogP contribution is -1.90. The average molecular weight is 688 g/mol. The van der Waals surface area contributed by atoms with E-state index in [4.69, 9.17) is 15.0 Å². The maximum absolute atomic E-state index is 5.09. The molecule has 0 amide bonds. The molecule has 0 radical (unpaired) electrons. The van der Waals surface area contributed by atoms with Crippen LogP contribution < -0.4 is 0 Å². The van der Waals surface area contributed by atoms with Crippen molar-refractivity contribution in [3.63, 3.8) is 0 Å². The van der Waals surface area contributed by atoms with Crippen molar-refractivity contribution in [1.82, 2.24) is 24.9 Å². The second-order valence-corrected chi connectivity index (χ2v) is 13.8. The van der Waals surface area contributed by atoms with Crippen LogP contribution in [0.5, 0.6) is 0 Å². The lowest BCUT2D eigenvalue weighted by atomic mass is 9.99. The van der Waals surface area contributed by atoms with Gasteiger partial charge in [-0.15, -0.1) is 0 Å². The predicted molar refractivity (Wildman–Crippen MR) is 222 cm³/mol. The molecule has 11 aromatic rings. The van der Waals surface area contributed by atoms with Gasteiger partial charge in [0.25, 0.3) is 0 Å². The van der Waals surface area contributed by atoms with Gasteiger partial charge < -0.3 is 0 Å². The number of fused-ring (bicyclic) bond motifs is 7. The topological polar surface area (TPSA) is 64.5 Å². The summed E-state index contributed by atoms with van der Waals surface area (Å²) in [5, 5.41) is 8.98. The van der Waals surface area contributed by atoms with Crippen LogP contribution >= 0.6 is 0 Å². The summed E-state index contributed by atoms with van der Waals surface area (Å²) < 4.78 is 0. The monoisotopic (exact) mass is 687 g/mol. The minimum absolute atomic E-state index is 0.926. The molecule has 0 saturated heterocycles. The van der Waals surface area contributed by atoms with Crippen LogP contribution in [0.15, 0.2) is 176 Å². The van der Waals surface area contributed by atoms with Crippen LogP contribution in [0.2, 0.25) is 0 Å². The first-order valence-corrected chi connectivity index (χ1v) is 18.0. The molecule has 0 aliphatic heterocycles. The lowest BCUT2D eigenvalue weighted by molar-refractivity contribution is 1.36. The lowest BCUT2D eigenvalue weighted by Gasteiger charge is -2.10. The molecule has 0 atom stereocenters. The summed E-state index contributed by atoms with van der Waals surface area (Å²) in [6.45, 7) is 0. The van der Waals surface area contributed by atoms with Crippen LogP contribution in [0.1, 0.15) is 0 Å². The second kappa shape index (κ2) is 12.1. The summed E-state index contributed by atoms with van der Waals surface area (Å²) in [5.74, 6) is 0. The van der Waals surface area contributed by atoms with Crippen LogP contribution in [0.25, 0.3) is 110 Å². The van der Waals surface area contributed by atoms with Gasteiger partial charge in [-0.05, 0) is 94.0 Å². The van der Waals surface area contributed by atoms with E-state index < -0.39 is 0 Å². The van der Waals surface area contributed by atoms with Crippen LogP contribution in [-0.2, 0) is 0 Å². The fourth-order valence-electron chi connectivity index (χ4n) is 7.72. The molecule has 5 nitrogen and oxygen atoms in total. The summed E-state index contributed by atoms with van der Waals surface area (Å²) in [5.41, 5.74) is 12.2. The zero-order valence-electron chi connectivity index (χ0n) is 29.0. The summed E-state index contributed by atoms with van der Waals surface area (Å²) in [6, 6.07) is 55.5. The fourth-order valence-corrected chi connectivity index (χ4v) is 7.72. The number of aromatic nitrogens is 5. The normalized spacial score (nSPS) is 11.7. The van der Waals surface area contributed by atoms with E-state index >= 15 is 0 Å². The molecule has 0 saturated carbocycles. The van der Waals surface area contributed by atoms with Gasteiger partial charge in [-0.25, -0.2) is 15.0 Å². The van der Waals surface area contributed by atoms with Crippen molar-refractivity contribution in [3.05, 3.63) is 176 Å². The highest BCUT2D eigenvalue weighted by atomic mass is 14.8. The van der Waals surface area contributed by atoms with Gasteiger partial charge in [0.1, 0.15) is 0 Å². The molecule has 0 spiro atoms. The van der Waals surface area contributed by atoms with Gasteiger partial charge in [-0.1, -0.05) is 91.0 Å². The molecule has 0 aliphatic carbocycles. The number of pyridine rings is 5. The molecule has 250 valence electrons. The Hall–Kier alpha value is -7.37.